The summed E-state index contributed by atoms with van der Waals surface area (Å²) in [5.41, 5.74) is 0.278. The number of hydrogen-bond donors (Lipinski definition) is 2. The number of hydrogen-bond acceptors (Lipinski definition) is 2. The Balaban J connectivity index is 3.07. The average molecular weight is 415 g/mol. The van der Waals surface area contributed by atoms with Crippen LogP contribution < -0.4 is 0 Å². The Hall–Kier alpha value is -1.12. The van der Waals surface area contributed by atoms with Crippen LogP contribution in [0.4, 0.5) is 0 Å². The van der Waals surface area contributed by atoms with Gasteiger partial charge in [-0.25, -0.2) is 0 Å². The Kier molecular flexibility index (Phi) is 6.04. The van der Waals surface area contributed by atoms with Crippen LogP contribution in [0.25, 0.3) is 0 Å². The molecule has 0 radical (unpaired) electrons. The van der Waals surface area contributed by atoms with Gasteiger partial charge in [-0.05, 0) is 32.8 Å². The molecule has 2 nitrogen and oxygen atoms in total. The average Bonchev–Trinajstić information content (AvgIpc) is 2.51. The summed E-state index contributed by atoms with van der Waals surface area (Å²) in [6, 6.07) is 0. The minimum atomic E-state index is -0.707. The number of aliphatic hydroxyl groups is 2. The first-order valence-electron chi connectivity index (χ1n) is 11.4. The second-order valence-corrected chi connectivity index (χ2v) is 13.5. The first-order chi connectivity index (χ1) is 13.2. The molecule has 2 rings (SSSR count). The minimum absolute atomic E-state index is 0.0573. The highest BCUT2D eigenvalue weighted by Gasteiger charge is 2.66. The van der Waals surface area contributed by atoms with Crippen LogP contribution in [-0.2, 0) is 0 Å². The van der Waals surface area contributed by atoms with Crippen LogP contribution in [0, 0.1) is 32.5 Å². The monoisotopic (exact) mass is 414 g/mol. The van der Waals surface area contributed by atoms with Crippen molar-refractivity contribution < 1.29 is 10.2 Å². The normalized spacial score (nSPS) is 33.4. The van der Waals surface area contributed by atoms with E-state index in [-0.39, 0.29) is 21.7 Å². The molecule has 0 aromatic carbocycles. The SMILES string of the molecule is CC(C)(C)C1=CC(C(C)(C)C)(C2(C(C)(C)C)C=C(C(C)(C)C)C=CC2O)C(O)C=C1. The molecule has 0 saturated carbocycles. The molecular weight excluding hydrogens is 368 g/mol. The predicted octanol–water partition coefficient (Wildman–Crippen LogP) is 6.86. The van der Waals surface area contributed by atoms with Crippen LogP contribution in [0.5, 0.6) is 0 Å². The fourth-order valence-electron chi connectivity index (χ4n) is 5.67. The molecule has 30 heavy (non-hydrogen) atoms. The summed E-state index contributed by atoms with van der Waals surface area (Å²) >= 11 is 0. The molecule has 0 aromatic rings. The molecule has 0 bridgehead atoms. The van der Waals surface area contributed by atoms with Gasteiger partial charge in [0.2, 0.25) is 0 Å². The quantitative estimate of drug-likeness (QED) is 0.492. The highest BCUT2D eigenvalue weighted by Crippen LogP contribution is 2.67. The van der Waals surface area contributed by atoms with Crippen molar-refractivity contribution in [3.05, 3.63) is 47.6 Å². The van der Waals surface area contributed by atoms with Crippen molar-refractivity contribution in [2.24, 2.45) is 32.5 Å². The lowest BCUT2D eigenvalue weighted by atomic mass is 9.39. The topological polar surface area (TPSA) is 40.5 Å². The van der Waals surface area contributed by atoms with Crippen molar-refractivity contribution >= 4 is 0 Å². The highest BCUT2D eigenvalue weighted by molar-refractivity contribution is 5.45. The van der Waals surface area contributed by atoms with Crippen molar-refractivity contribution in [2.75, 3.05) is 0 Å². The summed E-state index contributed by atoms with van der Waals surface area (Å²) in [6.07, 6.45) is 11.3. The Labute approximate surface area is 185 Å². The standard InChI is InChI=1S/C28H46O2/c1-23(2,3)19-13-15-21(29)27(17-19,25(7,8)9)28(26(10,11)12)18-20(24(4,5)6)14-16-22(28)30/h13-18,21-22,29-30H,1-12H3. The van der Waals surface area contributed by atoms with Gasteiger partial charge in [-0.1, -0.05) is 120 Å². The third-order valence-electron chi connectivity index (χ3n) is 7.51. The summed E-state index contributed by atoms with van der Waals surface area (Å²) in [4.78, 5) is 0. The largest absolute Gasteiger partial charge is 0.388 e. The molecule has 0 amide bonds. The second kappa shape index (κ2) is 7.20. The van der Waals surface area contributed by atoms with Crippen molar-refractivity contribution in [1.82, 2.24) is 0 Å². The molecule has 2 aliphatic carbocycles. The van der Waals surface area contributed by atoms with E-state index in [1.165, 1.54) is 11.1 Å². The lowest BCUT2D eigenvalue weighted by Gasteiger charge is -2.65. The predicted molar refractivity (Wildman–Crippen MR) is 129 cm³/mol. The Morgan fingerprint density at radius 3 is 1.03 bits per heavy atom. The van der Waals surface area contributed by atoms with Gasteiger partial charge in [0.1, 0.15) is 0 Å². The zero-order valence-corrected chi connectivity index (χ0v) is 21.5. The maximum Gasteiger partial charge on any atom is 0.0829 e. The molecular formula is C28H46O2. The van der Waals surface area contributed by atoms with Crippen molar-refractivity contribution in [3.63, 3.8) is 0 Å². The van der Waals surface area contributed by atoms with E-state index >= 15 is 0 Å². The summed E-state index contributed by atoms with van der Waals surface area (Å²) in [5, 5.41) is 23.5. The van der Waals surface area contributed by atoms with Gasteiger partial charge in [0.15, 0.2) is 0 Å². The smallest absolute Gasteiger partial charge is 0.0829 e. The summed E-state index contributed by atoms with van der Waals surface area (Å²) in [7, 11) is 0. The summed E-state index contributed by atoms with van der Waals surface area (Å²) < 4.78 is 0. The van der Waals surface area contributed by atoms with E-state index in [0.717, 1.165) is 0 Å². The Morgan fingerprint density at radius 2 is 0.833 bits per heavy atom. The molecule has 2 aliphatic rings. The Morgan fingerprint density at radius 1 is 0.567 bits per heavy atom. The van der Waals surface area contributed by atoms with Gasteiger partial charge in [0, 0.05) is 10.8 Å². The molecule has 170 valence electrons. The molecule has 4 atom stereocenters. The zero-order chi connectivity index (χ0) is 23.6. The van der Waals surface area contributed by atoms with E-state index in [1.807, 2.05) is 12.2 Å². The van der Waals surface area contributed by atoms with E-state index in [0.29, 0.717) is 0 Å². The van der Waals surface area contributed by atoms with Crippen molar-refractivity contribution in [1.29, 1.82) is 0 Å². The third-order valence-corrected chi connectivity index (χ3v) is 7.51. The van der Waals surface area contributed by atoms with E-state index in [2.05, 4.69) is 107 Å². The van der Waals surface area contributed by atoms with E-state index in [4.69, 9.17) is 0 Å². The molecule has 0 heterocycles. The maximum absolute atomic E-state index is 11.7. The maximum atomic E-state index is 11.7. The molecule has 2 N–H and O–H groups in total. The van der Waals surface area contributed by atoms with Gasteiger partial charge in [0.05, 0.1) is 12.2 Å². The van der Waals surface area contributed by atoms with Crippen LogP contribution in [0.3, 0.4) is 0 Å². The number of rotatable bonds is 1. The molecule has 0 saturated heterocycles. The van der Waals surface area contributed by atoms with E-state index < -0.39 is 23.0 Å². The first kappa shape index (κ1) is 25.1. The minimum Gasteiger partial charge on any atom is -0.388 e. The lowest BCUT2D eigenvalue weighted by molar-refractivity contribution is -0.162. The third kappa shape index (κ3) is 3.69. The Bertz CT molecular complexity index is 712. The fourth-order valence-corrected chi connectivity index (χ4v) is 5.67. The van der Waals surface area contributed by atoms with Crippen LogP contribution in [0.15, 0.2) is 47.6 Å². The van der Waals surface area contributed by atoms with Crippen molar-refractivity contribution in [3.8, 4) is 0 Å². The molecule has 4 unspecified atom stereocenters. The second-order valence-electron chi connectivity index (χ2n) is 13.5. The first-order valence-corrected chi connectivity index (χ1v) is 11.4. The summed E-state index contributed by atoms with van der Waals surface area (Å²) in [5.74, 6) is 0. The molecule has 2 heteroatoms. The van der Waals surface area contributed by atoms with Gasteiger partial charge in [-0.3, -0.25) is 0 Å². The van der Waals surface area contributed by atoms with Gasteiger partial charge in [-0.2, -0.15) is 0 Å². The fraction of sp³-hybridized carbons (Fsp3) is 0.714. The van der Waals surface area contributed by atoms with Crippen molar-refractivity contribution in [2.45, 2.75) is 95.3 Å². The van der Waals surface area contributed by atoms with E-state index in [9.17, 15) is 10.2 Å². The van der Waals surface area contributed by atoms with Crippen LogP contribution in [0.1, 0.15) is 83.1 Å². The zero-order valence-electron chi connectivity index (χ0n) is 21.5. The molecule has 0 fully saturated rings. The lowest BCUT2D eigenvalue weighted by Crippen LogP contribution is -2.65. The molecule has 0 aliphatic heterocycles. The van der Waals surface area contributed by atoms with Gasteiger partial charge in [-0.15, -0.1) is 0 Å². The molecule has 0 aromatic heterocycles. The molecule has 0 spiro atoms. The van der Waals surface area contributed by atoms with Gasteiger partial charge >= 0.3 is 0 Å². The number of aliphatic hydroxyl groups excluding tert-OH is 2. The summed E-state index contributed by atoms with van der Waals surface area (Å²) in [6.45, 7) is 26.5. The van der Waals surface area contributed by atoms with Gasteiger partial charge < -0.3 is 10.2 Å². The highest BCUT2D eigenvalue weighted by atomic mass is 16.3. The number of allylic oxidation sites excluding steroid dienone is 4. The van der Waals surface area contributed by atoms with E-state index in [1.54, 1.807) is 0 Å². The van der Waals surface area contributed by atoms with Gasteiger partial charge in [0.25, 0.3) is 0 Å². The van der Waals surface area contributed by atoms with Crippen LogP contribution in [-0.4, -0.2) is 22.4 Å². The van der Waals surface area contributed by atoms with Crippen LogP contribution >= 0.6 is 0 Å². The van der Waals surface area contributed by atoms with Crippen LogP contribution in [0.2, 0.25) is 0 Å².